The smallest absolute Gasteiger partial charge is 0.243 e. The van der Waals surface area contributed by atoms with Crippen LogP contribution < -0.4 is 5.32 Å². The van der Waals surface area contributed by atoms with Crippen molar-refractivity contribution in [3.63, 3.8) is 0 Å². The molecule has 0 unspecified atom stereocenters. The number of nitrogens with one attached hydrogen (secondary N) is 1. The average molecular weight is 312 g/mol. The highest BCUT2D eigenvalue weighted by Gasteiger charge is 2.32. The van der Waals surface area contributed by atoms with Crippen molar-refractivity contribution in [1.29, 1.82) is 0 Å². The first kappa shape index (κ1) is 18.1. The molecule has 0 heterocycles. The summed E-state index contributed by atoms with van der Waals surface area (Å²) < 4.78 is 26.7. The number of likely N-dealkylation sites (N-methyl/N-ethyl adjacent to an activating group) is 1. The van der Waals surface area contributed by atoms with Gasteiger partial charge in [-0.2, -0.15) is 4.31 Å². The third-order valence-corrected chi connectivity index (χ3v) is 6.22. The molecule has 5 heteroatoms. The lowest BCUT2D eigenvalue weighted by Crippen LogP contribution is -2.44. The summed E-state index contributed by atoms with van der Waals surface area (Å²) >= 11 is 0. The summed E-state index contributed by atoms with van der Waals surface area (Å²) in [5, 5.41) is 3.26. The molecule has 0 atom stereocenters. The standard InChI is InChI=1S/C16H28N2O2S/c1-6-16(3,4)18(5)21(19,20)15-10-8-14(9-11-15)12-13-17-7-2/h8-11,17H,6-7,12-13H2,1-5H3. The number of hydrogen-bond acceptors (Lipinski definition) is 3. The first-order valence-electron chi connectivity index (χ1n) is 7.54. The second-order valence-electron chi connectivity index (χ2n) is 5.89. The summed E-state index contributed by atoms with van der Waals surface area (Å²) in [7, 11) is -1.78. The molecule has 0 aliphatic heterocycles. The maximum absolute atomic E-state index is 12.6. The number of benzene rings is 1. The summed E-state index contributed by atoms with van der Waals surface area (Å²) in [5.74, 6) is 0. The van der Waals surface area contributed by atoms with Crippen LogP contribution in [-0.4, -0.2) is 38.4 Å². The highest BCUT2D eigenvalue weighted by atomic mass is 32.2. The molecule has 0 aliphatic carbocycles. The Bertz CT molecular complexity index is 536. The molecule has 0 fully saturated rings. The fourth-order valence-corrected chi connectivity index (χ4v) is 3.52. The van der Waals surface area contributed by atoms with Crippen LogP contribution >= 0.6 is 0 Å². The second-order valence-corrected chi connectivity index (χ2v) is 7.86. The van der Waals surface area contributed by atoms with E-state index in [1.54, 1.807) is 19.2 Å². The maximum Gasteiger partial charge on any atom is 0.243 e. The van der Waals surface area contributed by atoms with E-state index in [0.29, 0.717) is 4.90 Å². The molecule has 0 aromatic heterocycles. The van der Waals surface area contributed by atoms with Gasteiger partial charge in [-0.1, -0.05) is 26.0 Å². The predicted octanol–water partition coefficient (Wildman–Crippen LogP) is 2.65. The van der Waals surface area contributed by atoms with Crippen LogP contribution in [0.5, 0.6) is 0 Å². The summed E-state index contributed by atoms with van der Waals surface area (Å²) in [6, 6.07) is 7.21. The van der Waals surface area contributed by atoms with Gasteiger partial charge in [0.1, 0.15) is 0 Å². The van der Waals surface area contributed by atoms with Gasteiger partial charge in [-0.15, -0.1) is 0 Å². The van der Waals surface area contributed by atoms with Crippen LogP contribution in [0.1, 0.15) is 39.7 Å². The Labute approximate surface area is 129 Å². The number of hydrogen-bond donors (Lipinski definition) is 1. The van der Waals surface area contributed by atoms with Crippen molar-refractivity contribution < 1.29 is 8.42 Å². The molecule has 1 N–H and O–H groups in total. The Hall–Kier alpha value is -0.910. The van der Waals surface area contributed by atoms with Gasteiger partial charge < -0.3 is 5.32 Å². The minimum atomic E-state index is -3.43. The SMILES string of the molecule is CCNCCc1ccc(S(=O)(=O)N(C)C(C)(C)CC)cc1. The third-order valence-electron chi connectivity index (χ3n) is 4.14. The Morgan fingerprint density at radius 1 is 1.14 bits per heavy atom. The average Bonchev–Trinajstić information content (AvgIpc) is 2.47. The second kappa shape index (κ2) is 7.38. The van der Waals surface area contributed by atoms with Crippen LogP contribution in [0.4, 0.5) is 0 Å². The topological polar surface area (TPSA) is 49.4 Å². The lowest BCUT2D eigenvalue weighted by Gasteiger charge is -2.33. The van der Waals surface area contributed by atoms with Crippen LogP contribution in [0.3, 0.4) is 0 Å². The van der Waals surface area contributed by atoms with Gasteiger partial charge >= 0.3 is 0 Å². The monoisotopic (exact) mass is 312 g/mol. The van der Waals surface area contributed by atoms with E-state index in [1.165, 1.54) is 4.31 Å². The molecule has 0 bridgehead atoms. The van der Waals surface area contributed by atoms with Crippen LogP contribution in [0.15, 0.2) is 29.2 Å². The van der Waals surface area contributed by atoms with E-state index in [4.69, 9.17) is 0 Å². The van der Waals surface area contributed by atoms with Crippen LogP contribution in [0.25, 0.3) is 0 Å². The van der Waals surface area contributed by atoms with E-state index in [1.807, 2.05) is 32.9 Å². The fourth-order valence-electron chi connectivity index (χ4n) is 1.94. The minimum absolute atomic E-state index is 0.360. The van der Waals surface area contributed by atoms with Crippen molar-refractivity contribution in [1.82, 2.24) is 9.62 Å². The van der Waals surface area contributed by atoms with Gasteiger partial charge in [0.15, 0.2) is 0 Å². The molecule has 0 amide bonds. The van der Waals surface area contributed by atoms with Crippen molar-refractivity contribution >= 4 is 10.0 Å². The summed E-state index contributed by atoms with van der Waals surface area (Å²) in [4.78, 5) is 0.360. The number of nitrogens with zero attached hydrogens (tertiary/aromatic N) is 1. The van der Waals surface area contributed by atoms with E-state index >= 15 is 0 Å². The normalized spacial score (nSPS) is 12.9. The van der Waals surface area contributed by atoms with Gasteiger partial charge in [-0.05, 0) is 57.5 Å². The van der Waals surface area contributed by atoms with Gasteiger partial charge in [-0.3, -0.25) is 0 Å². The van der Waals surface area contributed by atoms with E-state index in [0.717, 1.165) is 31.5 Å². The molecule has 4 nitrogen and oxygen atoms in total. The van der Waals surface area contributed by atoms with E-state index in [2.05, 4.69) is 12.2 Å². The van der Waals surface area contributed by atoms with Crippen LogP contribution in [0.2, 0.25) is 0 Å². The summed E-state index contributed by atoms with van der Waals surface area (Å²) in [6.45, 7) is 9.80. The Morgan fingerprint density at radius 3 is 2.19 bits per heavy atom. The zero-order valence-electron chi connectivity index (χ0n) is 13.8. The first-order chi connectivity index (χ1) is 9.75. The maximum atomic E-state index is 12.6. The van der Waals surface area contributed by atoms with Gasteiger partial charge in [-0.25, -0.2) is 8.42 Å². The zero-order valence-corrected chi connectivity index (χ0v) is 14.6. The molecule has 0 aliphatic rings. The Kier molecular flexibility index (Phi) is 6.38. The number of sulfonamides is 1. The summed E-state index contributed by atoms with van der Waals surface area (Å²) in [6.07, 6.45) is 1.67. The lowest BCUT2D eigenvalue weighted by molar-refractivity contribution is 0.257. The van der Waals surface area contributed by atoms with Crippen molar-refractivity contribution in [2.75, 3.05) is 20.1 Å². The highest BCUT2D eigenvalue weighted by molar-refractivity contribution is 7.89. The van der Waals surface area contributed by atoms with Crippen molar-refractivity contribution in [3.8, 4) is 0 Å². The highest BCUT2D eigenvalue weighted by Crippen LogP contribution is 2.25. The van der Waals surface area contributed by atoms with E-state index in [-0.39, 0.29) is 5.54 Å². The summed E-state index contributed by atoms with van der Waals surface area (Å²) in [5.41, 5.74) is 0.759. The van der Waals surface area contributed by atoms with Gasteiger partial charge in [0, 0.05) is 12.6 Å². The molecule has 21 heavy (non-hydrogen) atoms. The molecular weight excluding hydrogens is 284 g/mol. The molecule has 0 saturated carbocycles. The van der Waals surface area contributed by atoms with Gasteiger partial charge in [0.2, 0.25) is 10.0 Å². The molecule has 1 aromatic rings. The molecule has 0 saturated heterocycles. The lowest BCUT2D eigenvalue weighted by atomic mass is 10.0. The largest absolute Gasteiger partial charge is 0.317 e. The fraction of sp³-hybridized carbons (Fsp3) is 0.625. The molecule has 1 rings (SSSR count). The molecular formula is C16H28N2O2S. The number of rotatable bonds is 8. The molecule has 120 valence electrons. The van der Waals surface area contributed by atoms with Crippen molar-refractivity contribution in [3.05, 3.63) is 29.8 Å². The van der Waals surface area contributed by atoms with Crippen molar-refractivity contribution in [2.45, 2.75) is 51.0 Å². The predicted molar refractivity (Wildman–Crippen MR) is 88.0 cm³/mol. The van der Waals surface area contributed by atoms with Gasteiger partial charge in [0.05, 0.1) is 4.90 Å². The van der Waals surface area contributed by atoms with Crippen molar-refractivity contribution in [2.24, 2.45) is 0 Å². The van der Waals surface area contributed by atoms with E-state index < -0.39 is 10.0 Å². The van der Waals surface area contributed by atoms with Crippen LogP contribution in [-0.2, 0) is 16.4 Å². The Balaban J connectivity index is 2.90. The minimum Gasteiger partial charge on any atom is -0.317 e. The molecule has 1 aromatic carbocycles. The zero-order chi connectivity index (χ0) is 16.1. The van der Waals surface area contributed by atoms with Crippen LogP contribution in [0, 0.1) is 0 Å². The molecule has 0 spiro atoms. The first-order valence-corrected chi connectivity index (χ1v) is 8.98. The Morgan fingerprint density at radius 2 is 1.71 bits per heavy atom. The van der Waals surface area contributed by atoms with Gasteiger partial charge in [0.25, 0.3) is 0 Å². The van der Waals surface area contributed by atoms with E-state index in [9.17, 15) is 8.42 Å². The molecule has 0 radical (unpaired) electrons. The third kappa shape index (κ3) is 4.53. The quantitative estimate of drug-likeness (QED) is 0.751.